The van der Waals surface area contributed by atoms with Crippen molar-refractivity contribution in [2.24, 2.45) is 10.8 Å². The summed E-state index contributed by atoms with van der Waals surface area (Å²) in [5.74, 6) is -0.390. The molecule has 3 aromatic rings. The Morgan fingerprint density at radius 1 is 0.733 bits per heavy atom. The van der Waals surface area contributed by atoms with E-state index in [0.29, 0.717) is 18.6 Å². The van der Waals surface area contributed by atoms with E-state index in [0.717, 1.165) is 33.4 Å². The van der Waals surface area contributed by atoms with Crippen molar-refractivity contribution in [3.8, 4) is 11.5 Å². The maximum absolute atomic E-state index is 13.5. The Kier molecular flexibility index (Phi) is 12.0. The summed E-state index contributed by atoms with van der Waals surface area (Å²) in [7, 11) is -4.04. The molecule has 0 saturated carbocycles. The quantitative estimate of drug-likeness (QED) is 0.113. The molecule has 0 aliphatic heterocycles. The second-order valence-corrected chi connectivity index (χ2v) is 15.1. The van der Waals surface area contributed by atoms with Gasteiger partial charge in [-0.2, -0.15) is 0 Å². The summed E-state index contributed by atoms with van der Waals surface area (Å²) in [5.41, 5.74) is 4.46. The fourth-order valence-electron chi connectivity index (χ4n) is 4.24. The van der Waals surface area contributed by atoms with Crippen LogP contribution in [0, 0.1) is 24.7 Å². The topological polar surface area (TPSA) is 118 Å². The van der Waals surface area contributed by atoms with Gasteiger partial charge in [0.2, 0.25) is 13.6 Å². The van der Waals surface area contributed by atoms with E-state index in [4.69, 9.17) is 23.3 Å². The summed E-state index contributed by atoms with van der Waals surface area (Å²) in [4.78, 5) is 24.3. The average molecular weight is 641 g/mol. The summed E-state index contributed by atoms with van der Waals surface area (Å²) >= 11 is 0. The predicted molar refractivity (Wildman–Crippen MR) is 172 cm³/mol. The number of hydrogen-bond donors (Lipinski definition) is 1. The smallest absolute Gasteiger partial charge is 0.373 e. The standard InChI is InChI=1S/C35H45O9P/c1-24-16-29(17-25(2)30(24)20-27-14-15-31(36)28(19-27)18-26-12-10-9-11-13-26)42-23-45(39,43-21-40-32(37)34(3,4)5)44-22-41-33(38)35(6,7)8/h9-17,19,36H,18,20-23H2,1-8H3. The van der Waals surface area contributed by atoms with Crippen LogP contribution in [-0.2, 0) is 45.5 Å². The minimum Gasteiger partial charge on any atom is -0.508 e. The molecule has 0 aromatic heterocycles. The molecule has 10 heteroatoms. The normalized spacial score (nSPS) is 12.1. The van der Waals surface area contributed by atoms with Gasteiger partial charge >= 0.3 is 19.5 Å². The van der Waals surface area contributed by atoms with E-state index in [1.807, 2.05) is 68.4 Å². The molecule has 0 atom stereocenters. The zero-order valence-electron chi connectivity index (χ0n) is 27.5. The van der Waals surface area contributed by atoms with Crippen molar-refractivity contribution in [2.75, 3.05) is 19.9 Å². The van der Waals surface area contributed by atoms with Gasteiger partial charge in [0.25, 0.3) is 0 Å². The highest BCUT2D eigenvalue weighted by Crippen LogP contribution is 2.48. The van der Waals surface area contributed by atoms with Crippen molar-refractivity contribution >= 4 is 19.5 Å². The van der Waals surface area contributed by atoms with Gasteiger partial charge < -0.3 is 19.3 Å². The van der Waals surface area contributed by atoms with E-state index in [9.17, 15) is 19.3 Å². The third kappa shape index (κ3) is 11.0. The number of aryl methyl sites for hydroxylation is 2. The van der Waals surface area contributed by atoms with Gasteiger partial charge in [-0.25, -0.2) is 0 Å². The summed E-state index contributed by atoms with van der Waals surface area (Å²) in [6.45, 7) is 12.8. The lowest BCUT2D eigenvalue weighted by Gasteiger charge is -2.22. The van der Waals surface area contributed by atoms with Crippen LogP contribution in [0.2, 0.25) is 0 Å². The second-order valence-electron chi connectivity index (χ2n) is 13.1. The van der Waals surface area contributed by atoms with E-state index in [-0.39, 0.29) is 5.75 Å². The van der Waals surface area contributed by atoms with Crippen LogP contribution >= 0.6 is 7.60 Å². The second kappa shape index (κ2) is 15.1. The van der Waals surface area contributed by atoms with E-state index >= 15 is 0 Å². The largest absolute Gasteiger partial charge is 0.508 e. The first kappa shape index (κ1) is 35.8. The van der Waals surface area contributed by atoms with Gasteiger partial charge in [0.1, 0.15) is 11.5 Å². The number of hydrogen-bond acceptors (Lipinski definition) is 9. The van der Waals surface area contributed by atoms with E-state index in [1.165, 1.54) is 0 Å². The van der Waals surface area contributed by atoms with Crippen LogP contribution in [0.25, 0.3) is 0 Å². The van der Waals surface area contributed by atoms with Crippen LogP contribution in [0.3, 0.4) is 0 Å². The molecule has 3 rings (SSSR count). The molecular formula is C35H45O9P. The Morgan fingerprint density at radius 2 is 1.27 bits per heavy atom. The molecule has 0 spiro atoms. The maximum Gasteiger partial charge on any atom is 0.373 e. The minimum atomic E-state index is -4.04. The van der Waals surface area contributed by atoms with Crippen molar-refractivity contribution in [1.29, 1.82) is 0 Å². The first-order valence-corrected chi connectivity index (χ1v) is 16.5. The maximum atomic E-state index is 13.5. The Morgan fingerprint density at radius 3 is 1.78 bits per heavy atom. The molecule has 0 amide bonds. The first-order valence-electron chi connectivity index (χ1n) is 14.8. The van der Waals surface area contributed by atoms with E-state index in [2.05, 4.69) is 0 Å². The predicted octanol–water partition coefficient (Wildman–Crippen LogP) is 7.85. The van der Waals surface area contributed by atoms with Crippen LogP contribution in [0.1, 0.15) is 74.9 Å². The third-order valence-corrected chi connectivity index (χ3v) is 8.37. The monoisotopic (exact) mass is 640 g/mol. The first-order chi connectivity index (χ1) is 21.0. The molecule has 0 aliphatic rings. The van der Waals surface area contributed by atoms with Crippen LogP contribution in [-0.4, -0.2) is 37.0 Å². The fraction of sp³-hybridized carbons (Fsp3) is 0.429. The minimum absolute atomic E-state index is 0.259. The van der Waals surface area contributed by atoms with Crippen molar-refractivity contribution < 1.29 is 42.5 Å². The van der Waals surface area contributed by atoms with E-state index in [1.54, 1.807) is 47.6 Å². The molecule has 0 heterocycles. The molecule has 3 aromatic carbocycles. The highest BCUT2D eigenvalue weighted by molar-refractivity contribution is 7.53. The van der Waals surface area contributed by atoms with Gasteiger partial charge in [0.15, 0.2) is 6.35 Å². The summed E-state index contributed by atoms with van der Waals surface area (Å²) in [5, 5.41) is 10.5. The molecule has 9 nitrogen and oxygen atoms in total. The van der Waals surface area contributed by atoms with Gasteiger partial charge in [0, 0.05) is 6.42 Å². The van der Waals surface area contributed by atoms with Crippen molar-refractivity contribution in [3.63, 3.8) is 0 Å². The Labute approximate surface area is 266 Å². The molecule has 244 valence electrons. The highest BCUT2D eigenvalue weighted by Gasteiger charge is 2.31. The van der Waals surface area contributed by atoms with Gasteiger partial charge in [0.05, 0.1) is 10.8 Å². The number of benzene rings is 3. The van der Waals surface area contributed by atoms with Crippen molar-refractivity contribution in [3.05, 3.63) is 94.0 Å². The molecule has 0 saturated heterocycles. The van der Waals surface area contributed by atoms with Gasteiger partial charge in [-0.3, -0.25) is 23.2 Å². The Balaban J connectivity index is 1.72. The SMILES string of the molecule is Cc1cc(OCP(=O)(OCOC(=O)C(C)(C)C)OCOC(=O)C(C)(C)C)cc(C)c1Cc1ccc(O)c(Cc2ccccc2)c1. The molecule has 0 bridgehead atoms. The summed E-state index contributed by atoms with van der Waals surface area (Å²) < 4.78 is 40.3. The zero-order chi connectivity index (χ0) is 33.4. The van der Waals surface area contributed by atoms with Crippen LogP contribution in [0.4, 0.5) is 0 Å². The summed E-state index contributed by atoms with van der Waals surface area (Å²) in [6.07, 6.45) is 0.759. The van der Waals surface area contributed by atoms with Crippen LogP contribution in [0.5, 0.6) is 11.5 Å². The lowest BCUT2D eigenvalue weighted by Crippen LogP contribution is -2.25. The van der Waals surface area contributed by atoms with Crippen LogP contribution in [0.15, 0.2) is 60.7 Å². The van der Waals surface area contributed by atoms with Gasteiger partial charge in [-0.15, -0.1) is 0 Å². The summed E-state index contributed by atoms with van der Waals surface area (Å²) in [6, 6.07) is 19.3. The number of phenols is 1. The molecule has 0 radical (unpaired) electrons. The molecule has 1 N–H and O–H groups in total. The number of rotatable bonds is 13. The Bertz CT molecular complexity index is 1460. The number of carbonyl (C=O) groups is 2. The van der Waals surface area contributed by atoms with Gasteiger partial charge in [-0.05, 0) is 113 Å². The lowest BCUT2D eigenvalue weighted by molar-refractivity contribution is -0.162. The van der Waals surface area contributed by atoms with Crippen molar-refractivity contribution in [1.82, 2.24) is 0 Å². The number of esters is 2. The lowest BCUT2D eigenvalue weighted by atomic mass is 9.93. The molecule has 0 unspecified atom stereocenters. The average Bonchev–Trinajstić information content (AvgIpc) is 2.95. The van der Waals surface area contributed by atoms with Crippen molar-refractivity contribution in [2.45, 2.75) is 68.2 Å². The molecule has 0 aliphatic carbocycles. The number of carbonyl (C=O) groups excluding carboxylic acids is 2. The van der Waals surface area contributed by atoms with E-state index < -0.39 is 50.3 Å². The number of aromatic hydroxyl groups is 1. The number of ether oxygens (including phenoxy) is 3. The van der Waals surface area contributed by atoms with Gasteiger partial charge in [-0.1, -0.05) is 42.5 Å². The van der Waals surface area contributed by atoms with Crippen LogP contribution < -0.4 is 4.74 Å². The molecule has 45 heavy (non-hydrogen) atoms. The zero-order valence-corrected chi connectivity index (χ0v) is 28.4. The fourth-order valence-corrected chi connectivity index (χ4v) is 5.20. The molecular weight excluding hydrogens is 595 g/mol. The third-order valence-electron chi connectivity index (χ3n) is 6.92. The Hall–Kier alpha value is -3.65. The molecule has 0 fully saturated rings. The highest BCUT2D eigenvalue weighted by atomic mass is 31.2. The number of phenolic OH excluding ortho intramolecular Hbond substituents is 1.